The van der Waals surface area contributed by atoms with E-state index in [-0.39, 0.29) is 5.91 Å². The summed E-state index contributed by atoms with van der Waals surface area (Å²) in [5, 5.41) is 3.87. The lowest BCUT2D eigenvalue weighted by Crippen LogP contribution is -2.31. The van der Waals surface area contributed by atoms with Crippen molar-refractivity contribution in [3.05, 3.63) is 78.1 Å². The van der Waals surface area contributed by atoms with Crippen molar-refractivity contribution >= 4 is 27.5 Å². The number of nitrogens with zero attached hydrogens (tertiary/aromatic N) is 3. The third-order valence-electron chi connectivity index (χ3n) is 5.42. The van der Waals surface area contributed by atoms with Crippen molar-refractivity contribution in [1.82, 2.24) is 25.3 Å². The Morgan fingerprint density at radius 3 is 2.61 bits per heavy atom. The zero-order chi connectivity index (χ0) is 20.8. The zero-order valence-corrected chi connectivity index (χ0v) is 17.2. The first-order valence-corrected chi connectivity index (χ1v) is 10.9. The molecule has 3 aromatic heterocycles. The average Bonchev–Trinajstić information content (AvgIpc) is 3.45. The minimum Gasteiger partial charge on any atom is -0.356 e. The summed E-state index contributed by atoms with van der Waals surface area (Å²) in [7, 11) is 0. The Kier molecular flexibility index (Phi) is 4.14. The van der Waals surface area contributed by atoms with E-state index in [1.165, 1.54) is 4.70 Å². The first kappa shape index (κ1) is 18.0. The number of fused-ring (bicyclic) bond motifs is 2. The second-order valence-electron chi connectivity index (χ2n) is 7.41. The molecule has 2 aromatic carbocycles. The van der Waals surface area contributed by atoms with E-state index in [4.69, 9.17) is 9.97 Å². The second-order valence-corrected chi connectivity index (χ2v) is 8.44. The Bertz CT molecular complexity index is 1400. The highest BCUT2D eigenvalue weighted by molar-refractivity contribution is 7.21. The van der Waals surface area contributed by atoms with Crippen LogP contribution >= 0.6 is 11.3 Å². The fourth-order valence-electron chi connectivity index (χ4n) is 3.84. The Labute approximate surface area is 182 Å². The van der Waals surface area contributed by atoms with Crippen LogP contribution in [0.2, 0.25) is 0 Å². The quantitative estimate of drug-likeness (QED) is 0.441. The predicted molar refractivity (Wildman–Crippen MR) is 122 cm³/mol. The van der Waals surface area contributed by atoms with Crippen molar-refractivity contribution in [3.8, 4) is 33.3 Å². The number of aromatic amines is 1. The summed E-state index contributed by atoms with van der Waals surface area (Å²) in [5.41, 5.74) is 6.27. The van der Waals surface area contributed by atoms with Gasteiger partial charge in [0.25, 0.3) is 5.91 Å². The largest absolute Gasteiger partial charge is 0.356 e. The maximum Gasteiger partial charge on any atom is 0.253 e. The van der Waals surface area contributed by atoms with Crippen LogP contribution in [0.15, 0.2) is 66.9 Å². The van der Waals surface area contributed by atoms with Crippen molar-refractivity contribution in [2.75, 3.05) is 6.54 Å². The van der Waals surface area contributed by atoms with Gasteiger partial charge >= 0.3 is 0 Å². The number of rotatable bonds is 3. The van der Waals surface area contributed by atoms with Gasteiger partial charge in [0, 0.05) is 36.0 Å². The topological polar surface area (TPSA) is 83.6 Å². The highest BCUT2D eigenvalue weighted by Crippen LogP contribution is 2.31. The van der Waals surface area contributed by atoms with Gasteiger partial charge in [0.05, 0.1) is 27.2 Å². The number of nitrogens with one attached hydrogen (secondary N) is 2. The molecule has 31 heavy (non-hydrogen) atoms. The summed E-state index contributed by atoms with van der Waals surface area (Å²) in [6.07, 6.45) is 2.55. The van der Waals surface area contributed by atoms with Gasteiger partial charge in [0.15, 0.2) is 5.82 Å². The van der Waals surface area contributed by atoms with Crippen molar-refractivity contribution in [2.24, 2.45) is 0 Å². The van der Waals surface area contributed by atoms with Crippen molar-refractivity contribution in [1.29, 1.82) is 0 Å². The van der Waals surface area contributed by atoms with Gasteiger partial charge < -0.3 is 10.3 Å². The molecule has 6 rings (SSSR count). The number of carbonyl (C=O) groups is 1. The number of H-pyrrole nitrogens is 1. The van der Waals surface area contributed by atoms with Crippen LogP contribution in [0, 0.1) is 0 Å². The molecule has 0 fully saturated rings. The van der Waals surface area contributed by atoms with Gasteiger partial charge in [-0.2, -0.15) is 0 Å². The molecule has 4 heterocycles. The molecule has 0 atom stereocenters. The van der Waals surface area contributed by atoms with Crippen molar-refractivity contribution in [2.45, 2.75) is 6.42 Å². The molecular weight excluding hydrogens is 406 g/mol. The lowest BCUT2D eigenvalue weighted by Gasteiger charge is -2.10. The van der Waals surface area contributed by atoms with Crippen molar-refractivity contribution in [3.63, 3.8) is 0 Å². The number of aromatic nitrogens is 4. The van der Waals surface area contributed by atoms with Crippen LogP contribution < -0.4 is 5.32 Å². The van der Waals surface area contributed by atoms with E-state index < -0.39 is 0 Å². The molecule has 0 spiro atoms. The fraction of sp³-hybridized carbons (Fsp3) is 0.0833. The van der Waals surface area contributed by atoms with E-state index in [2.05, 4.69) is 33.5 Å². The molecule has 7 heteroatoms. The predicted octanol–water partition coefficient (Wildman–Crippen LogP) is 4.70. The zero-order valence-electron chi connectivity index (χ0n) is 16.4. The SMILES string of the molecule is O=C1NCCc2[nH]c(-c3ccnc(-c4ccc(-c5nc6ccccc6s5)cc4)n3)cc21. The minimum absolute atomic E-state index is 0.0385. The lowest BCUT2D eigenvalue weighted by molar-refractivity contribution is 0.0946. The van der Waals surface area contributed by atoms with Crippen LogP contribution in [0.1, 0.15) is 16.1 Å². The van der Waals surface area contributed by atoms with Gasteiger partial charge in [-0.1, -0.05) is 36.4 Å². The number of carbonyl (C=O) groups excluding carboxylic acids is 1. The summed E-state index contributed by atoms with van der Waals surface area (Å²) in [5.74, 6) is 0.605. The molecule has 6 nitrogen and oxygen atoms in total. The molecule has 150 valence electrons. The third kappa shape index (κ3) is 3.19. The van der Waals surface area contributed by atoms with Crippen LogP contribution in [0.25, 0.3) is 43.6 Å². The number of benzene rings is 2. The third-order valence-corrected chi connectivity index (χ3v) is 6.51. The molecule has 0 saturated carbocycles. The summed E-state index contributed by atoms with van der Waals surface area (Å²) in [6.45, 7) is 0.655. The molecule has 0 saturated heterocycles. The number of para-hydroxylation sites is 1. The summed E-state index contributed by atoms with van der Waals surface area (Å²) >= 11 is 1.69. The van der Waals surface area contributed by atoms with Crippen LogP contribution in [0.5, 0.6) is 0 Å². The summed E-state index contributed by atoms with van der Waals surface area (Å²) in [4.78, 5) is 29.3. The van der Waals surface area contributed by atoms with Gasteiger partial charge in [0.1, 0.15) is 5.01 Å². The Morgan fingerprint density at radius 2 is 1.77 bits per heavy atom. The maximum absolute atomic E-state index is 12.1. The monoisotopic (exact) mass is 423 g/mol. The molecule has 2 N–H and O–H groups in total. The van der Waals surface area contributed by atoms with E-state index in [9.17, 15) is 4.79 Å². The molecule has 1 amide bonds. The van der Waals surface area contributed by atoms with Crippen LogP contribution in [0.4, 0.5) is 0 Å². The molecule has 1 aliphatic rings. The number of hydrogen-bond donors (Lipinski definition) is 2. The van der Waals surface area contributed by atoms with E-state index in [1.54, 1.807) is 17.5 Å². The maximum atomic E-state index is 12.1. The molecule has 0 radical (unpaired) electrons. The van der Waals surface area contributed by atoms with E-state index in [0.717, 1.165) is 45.2 Å². The van der Waals surface area contributed by atoms with Gasteiger partial charge in [-0.05, 0) is 24.3 Å². The average molecular weight is 424 g/mol. The summed E-state index contributed by atoms with van der Waals surface area (Å²) < 4.78 is 1.18. The normalized spacial score (nSPS) is 13.2. The molecule has 0 bridgehead atoms. The van der Waals surface area contributed by atoms with Crippen LogP contribution in [-0.4, -0.2) is 32.4 Å². The molecule has 0 unspecified atom stereocenters. The smallest absolute Gasteiger partial charge is 0.253 e. The highest BCUT2D eigenvalue weighted by atomic mass is 32.1. The standard InChI is InChI=1S/C24H17N5OS/c30-23-16-13-20(27-17(16)9-12-26-23)18-10-11-25-22(28-18)14-5-7-15(8-6-14)24-29-19-3-1-2-4-21(19)31-24/h1-8,10-11,13,27H,9,12H2,(H,26,30). The number of hydrogen-bond acceptors (Lipinski definition) is 5. The van der Waals surface area contributed by atoms with Crippen molar-refractivity contribution < 1.29 is 4.79 Å². The fourth-order valence-corrected chi connectivity index (χ4v) is 4.81. The highest BCUT2D eigenvalue weighted by Gasteiger charge is 2.20. The Balaban J connectivity index is 1.32. The Morgan fingerprint density at radius 1 is 0.935 bits per heavy atom. The van der Waals surface area contributed by atoms with E-state index >= 15 is 0 Å². The summed E-state index contributed by atoms with van der Waals surface area (Å²) in [6, 6.07) is 20.0. The number of thiazole rings is 1. The van der Waals surface area contributed by atoms with Gasteiger partial charge in [-0.3, -0.25) is 4.79 Å². The van der Waals surface area contributed by atoms with Crippen LogP contribution in [0.3, 0.4) is 0 Å². The van der Waals surface area contributed by atoms with Gasteiger partial charge in [0.2, 0.25) is 0 Å². The van der Waals surface area contributed by atoms with E-state index in [1.807, 2.05) is 42.5 Å². The van der Waals surface area contributed by atoms with Gasteiger partial charge in [-0.25, -0.2) is 15.0 Å². The number of amides is 1. The molecule has 5 aromatic rings. The molecule has 0 aliphatic carbocycles. The van der Waals surface area contributed by atoms with Gasteiger partial charge in [-0.15, -0.1) is 11.3 Å². The van der Waals surface area contributed by atoms with Crippen LogP contribution in [-0.2, 0) is 6.42 Å². The minimum atomic E-state index is -0.0385. The lowest BCUT2D eigenvalue weighted by atomic mass is 10.1. The molecular formula is C24H17N5OS. The second kappa shape index (κ2) is 7.14. The first-order chi connectivity index (χ1) is 15.2. The molecule has 1 aliphatic heterocycles. The first-order valence-electron chi connectivity index (χ1n) is 10.0. The van der Waals surface area contributed by atoms with E-state index in [0.29, 0.717) is 17.9 Å². The Hall–Kier alpha value is -3.84.